The fourth-order valence-corrected chi connectivity index (χ4v) is 2.55. The van der Waals surface area contributed by atoms with Crippen molar-refractivity contribution in [1.29, 1.82) is 0 Å². The molecule has 23 heavy (non-hydrogen) atoms. The van der Waals surface area contributed by atoms with Gasteiger partial charge in [-0.25, -0.2) is 4.68 Å². The van der Waals surface area contributed by atoms with E-state index in [0.717, 1.165) is 0 Å². The van der Waals surface area contributed by atoms with Crippen LogP contribution in [0.1, 0.15) is 36.7 Å². The standard InChI is InChI=1S/C17H16N2O4/c1-10(20)11-4-5-14-12(8-11)13(9-17(2,3)23-14)19-16(22)7-6-15(21)18-19/h4-9H,1-3H3,(H,18,21). The summed E-state index contributed by atoms with van der Waals surface area (Å²) in [4.78, 5) is 35.4. The van der Waals surface area contributed by atoms with Crippen molar-refractivity contribution in [2.24, 2.45) is 0 Å². The van der Waals surface area contributed by atoms with Gasteiger partial charge in [-0.3, -0.25) is 19.5 Å². The van der Waals surface area contributed by atoms with Crippen molar-refractivity contribution in [3.05, 3.63) is 68.2 Å². The van der Waals surface area contributed by atoms with E-state index in [2.05, 4.69) is 5.10 Å². The topological polar surface area (TPSA) is 81.2 Å². The number of nitrogens with zero attached hydrogens (tertiary/aromatic N) is 1. The van der Waals surface area contributed by atoms with E-state index in [9.17, 15) is 14.4 Å². The number of aromatic amines is 1. The highest BCUT2D eigenvalue weighted by molar-refractivity contribution is 5.95. The maximum absolute atomic E-state index is 12.2. The van der Waals surface area contributed by atoms with Crippen molar-refractivity contribution in [1.82, 2.24) is 9.78 Å². The second-order valence-electron chi connectivity index (χ2n) is 5.99. The second-order valence-corrected chi connectivity index (χ2v) is 5.99. The predicted octanol–water partition coefficient (Wildman–Crippen LogP) is 1.80. The minimum atomic E-state index is -0.660. The Balaban J connectivity index is 2.31. The highest BCUT2D eigenvalue weighted by atomic mass is 16.5. The van der Waals surface area contributed by atoms with Crippen LogP contribution in [0, 0.1) is 0 Å². The lowest BCUT2D eigenvalue weighted by Crippen LogP contribution is -2.34. The van der Waals surface area contributed by atoms with Gasteiger partial charge in [-0.1, -0.05) is 0 Å². The summed E-state index contributed by atoms with van der Waals surface area (Å²) in [5.41, 5.74) is 0.158. The maximum Gasteiger partial charge on any atom is 0.269 e. The second kappa shape index (κ2) is 5.08. The molecule has 6 heteroatoms. The summed E-state index contributed by atoms with van der Waals surface area (Å²) in [6.07, 6.45) is 1.75. The van der Waals surface area contributed by atoms with E-state index in [-0.39, 0.29) is 16.9 Å². The van der Waals surface area contributed by atoms with E-state index in [4.69, 9.17) is 4.74 Å². The third-order valence-corrected chi connectivity index (χ3v) is 3.58. The molecule has 0 amide bonds. The molecular formula is C17H16N2O4. The highest BCUT2D eigenvalue weighted by Crippen LogP contribution is 2.36. The average Bonchev–Trinajstić information content (AvgIpc) is 2.47. The first-order valence-corrected chi connectivity index (χ1v) is 7.17. The number of hydrogen-bond donors (Lipinski definition) is 1. The summed E-state index contributed by atoms with van der Waals surface area (Å²) in [7, 11) is 0. The van der Waals surface area contributed by atoms with E-state index >= 15 is 0 Å². The number of carbonyl (C=O) groups excluding carboxylic acids is 1. The Morgan fingerprint density at radius 1 is 1.17 bits per heavy atom. The van der Waals surface area contributed by atoms with Crippen LogP contribution in [-0.2, 0) is 0 Å². The fourth-order valence-electron chi connectivity index (χ4n) is 2.55. The molecular weight excluding hydrogens is 296 g/mol. The first kappa shape index (κ1) is 15.0. The molecule has 0 fully saturated rings. The van der Waals surface area contributed by atoms with Crippen LogP contribution in [0.3, 0.4) is 0 Å². The zero-order valence-corrected chi connectivity index (χ0v) is 13.0. The minimum Gasteiger partial charge on any atom is -0.483 e. The zero-order valence-electron chi connectivity index (χ0n) is 13.0. The maximum atomic E-state index is 12.2. The molecule has 0 atom stereocenters. The van der Waals surface area contributed by atoms with Gasteiger partial charge in [-0.05, 0) is 45.0 Å². The molecule has 0 aliphatic carbocycles. The molecule has 1 aliphatic rings. The molecule has 1 N–H and O–H groups in total. The van der Waals surface area contributed by atoms with Gasteiger partial charge in [0.1, 0.15) is 11.4 Å². The molecule has 1 aromatic heterocycles. The third-order valence-electron chi connectivity index (χ3n) is 3.58. The Morgan fingerprint density at radius 3 is 2.61 bits per heavy atom. The van der Waals surface area contributed by atoms with Crippen LogP contribution in [0.25, 0.3) is 5.70 Å². The molecule has 1 aliphatic heterocycles. The van der Waals surface area contributed by atoms with Crippen LogP contribution in [0.5, 0.6) is 5.75 Å². The van der Waals surface area contributed by atoms with Gasteiger partial charge in [0, 0.05) is 23.3 Å². The molecule has 118 valence electrons. The number of ketones is 1. The molecule has 6 nitrogen and oxygen atoms in total. The van der Waals surface area contributed by atoms with Gasteiger partial charge < -0.3 is 4.74 Å². The number of aromatic nitrogens is 2. The number of rotatable bonds is 2. The summed E-state index contributed by atoms with van der Waals surface area (Å²) >= 11 is 0. The molecule has 0 unspecified atom stereocenters. The minimum absolute atomic E-state index is 0.0918. The van der Waals surface area contributed by atoms with Crippen molar-refractivity contribution < 1.29 is 9.53 Å². The van der Waals surface area contributed by atoms with Gasteiger partial charge in [-0.15, -0.1) is 0 Å². The highest BCUT2D eigenvalue weighted by Gasteiger charge is 2.28. The fraction of sp³-hybridized carbons (Fsp3) is 0.235. The summed E-state index contributed by atoms with van der Waals surface area (Å²) in [6.45, 7) is 5.16. The SMILES string of the molecule is CC(=O)c1ccc2c(c1)C(n1[nH]c(=O)ccc1=O)=CC(C)(C)O2. The van der Waals surface area contributed by atoms with Crippen molar-refractivity contribution in [3.8, 4) is 5.75 Å². The lowest BCUT2D eigenvalue weighted by Gasteiger charge is -2.31. The van der Waals surface area contributed by atoms with Crippen molar-refractivity contribution in [3.63, 3.8) is 0 Å². The largest absolute Gasteiger partial charge is 0.483 e. The van der Waals surface area contributed by atoms with E-state index < -0.39 is 5.60 Å². The number of hydrogen-bond acceptors (Lipinski definition) is 4. The smallest absolute Gasteiger partial charge is 0.269 e. The lowest BCUT2D eigenvalue weighted by molar-refractivity contribution is 0.101. The van der Waals surface area contributed by atoms with Crippen LogP contribution in [0.15, 0.2) is 46.0 Å². The Labute approximate surface area is 132 Å². The van der Waals surface area contributed by atoms with Crippen LogP contribution >= 0.6 is 0 Å². The third kappa shape index (κ3) is 2.75. The van der Waals surface area contributed by atoms with Crippen molar-refractivity contribution in [2.75, 3.05) is 0 Å². The number of nitrogens with one attached hydrogen (secondary N) is 1. The Bertz CT molecular complexity index is 948. The van der Waals surface area contributed by atoms with Gasteiger partial charge in [-0.2, -0.15) is 0 Å². The monoisotopic (exact) mass is 312 g/mol. The molecule has 2 heterocycles. The van der Waals surface area contributed by atoms with Crippen LogP contribution < -0.4 is 15.9 Å². The molecule has 0 radical (unpaired) electrons. The van der Waals surface area contributed by atoms with Crippen molar-refractivity contribution >= 4 is 11.5 Å². The molecule has 3 rings (SSSR count). The first-order chi connectivity index (χ1) is 10.8. The summed E-state index contributed by atoms with van der Waals surface area (Å²) in [6, 6.07) is 7.42. The lowest BCUT2D eigenvalue weighted by atomic mass is 9.97. The van der Waals surface area contributed by atoms with E-state index in [0.29, 0.717) is 22.6 Å². The van der Waals surface area contributed by atoms with Crippen LogP contribution in [0.2, 0.25) is 0 Å². The number of H-pyrrole nitrogens is 1. The summed E-state index contributed by atoms with van der Waals surface area (Å²) < 4.78 is 7.06. The van der Waals surface area contributed by atoms with Crippen molar-refractivity contribution in [2.45, 2.75) is 26.4 Å². The zero-order chi connectivity index (χ0) is 16.8. The molecule has 0 spiro atoms. The summed E-state index contributed by atoms with van der Waals surface area (Å²) in [5, 5.41) is 2.51. The van der Waals surface area contributed by atoms with E-state index in [1.807, 2.05) is 13.8 Å². The normalized spacial score (nSPS) is 15.3. The number of ether oxygens (including phenoxy) is 1. The number of carbonyl (C=O) groups is 1. The number of Topliss-reactive ketones (excluding diaryl/α,β-unsaturated/α-hetero) is 1. The van der Waals surface area contributed by atoms with E-state index in [1.54, 1.807) is 24.3 Å². The Hall–Kier alpha value is -2.89. The van der Waals surface area contributed by atoms with Gasteiger partial charge in [0.2, 0.25) is 0 Å². The molecule has 0 saturated carbocycles. The molecule has 0 saturated heterocycles. The summed E-state index contributed by atoms with van der Waals surface area (Å²) in [5.74, 6) is 0.458. The van der Waals surface area contributed by atoms with E-state index in [1.165, 1.54) is 23.7 Å². The quantitative estimate of drug-likeness (QED) is 0.857. The average molecular weight is 312 g/mol. The molecule has 1 aromatic carbocycles. The van der Waals surface area contributed by atoms with Crippen LogP contribution in [-0.4, -0.2) is 21.2 Å². The van der Waals surface area contributed by atoms with Crippen LogP contribution in [0.4, 0.5) is 0 Å². The Kier molecular flexibility index (Phi) is 3.32. The Morgan fingerprint density at radius 2 is 1.91 bits per heavy atom. The first-order valence-electron chi connectivity index (χ1n) is 7.17. The van der Waals surface area contributed by atoms with Gasteiger partial charge in [0.05, 0.1) is 5.70 Å². The number of fused-ring (bicyclic) bond motifs is 1. The molecule has 0 bridgehead atoms. The number of benzene rings is 1. The van der Waals surface area contributed by atoms with Gasteiger partial charge in [0.15, 0.2) is 5.78 Å². The molecule has 2 aromatic rings. The predicted molar refractivity (Wildman–Crippen MR) is 85.9 cm³/mol. The van der Waals surface area contributed by atoms with Gasteiger partial charge in [0.25, 0.3) is 11.1 Å². The van der Waals surface area contributed by atoms with Gasteiger partial charge >= 0.3 is 0 Å².